The number of halogens is 1. The Morgan fingerprint density at radius 1 is 0.853 bits per heavy atom. The SMILES string of the molecule is COc1ccc(-c2n[nH]c3c2[C@@H](c2c(OC)cccc2OC)N(c2ccc(Br)cc2)C3=O)cc1. The molecule has 0 saturated carbocycles. The largest absolute Gasteiger partial charge is 0.497 e. The number of hydrogen-bond donors (Lipinski definition) is 1. The summed E-state index contributed by atoms with van der Waals surface area (Å²) in [5.74, 6) is 1.80. The van der Waals surface area contributed by atoms with Crippen LogP contribution >= 0.6 is 15.9 Å². The van der Waals surface area contributed by atoms with Crippen molar-refractivity contribution in [3.8, 4) is 28.5 Å². The number of amides is 1. The fourth-order valence-electron chi connectivity index (χ4n) is 4.41. The molecule has 4 aromatic rings. The maximum absolute atomic E-state index is 13.8. The zero-order valence-electron chi connectivity index (χ0n) is 18.8. The van der Waals surface area contributed by atoms with E-state index in [0.717, 1.165) is 32.6 Å². The van der Waals surface area contributed by atoms with Crippen LogP contribution in [0.2, 0.25) is 0 Å². The first-order valence-electron chi connectivity index (χ1n) is 10.6. The van der Waals surface area contributed by atoms with Crippen LogP contribution in [0.1, 0.15) is 27.7 Å². The molecular formula is C26H22BrN3O4. The second-order valence-corrected chi connectivity index (χ2v) is 8.64. The van der Waals surface area contributed by atoms with Crippen LogP contribution in [0.25, 0.3) is 11.3 Å². The maximum Gasteiger partial charge on any atom is 0.277 e. The van der Waals surface area contributed by atoms with Crippen molar-refractivity contribution in [2.24, 2.45) is 0 Å². The summed E-state index contributed by atoms with van der Waals surface area (Å²) in [6, 6.07) is 20.3. The minimum atomic E-state index is -0.523. The predicted molar refractivity (Wildman–Crippen MR) is 133 cm³/mol. The molecular weight excluding hydrogens is 498 g/mol. The molecule has 1 aliphatic heterocycles. The Bertz CT molecular complexity index is 1330. The van der Waals surface area contributed by atoms with Crippen molar-refractivity contribution in [1.29, 1.82) is 0 Å². The number of ether oxygens (including phenoxy) is 3. The average molecular weight is 520 g/mol. The van der Waals surface area contributed by atoms with Crippen LogP contribution in [0, 0.1) is 0 Å². The van der Waals surface area contributed by atoms with Gasteiger partial charge in [-0.05, 0) is 60.7 Å². The number of aromatic amines is 1. The number of nitrogens with zero attached hydrogens (tertiary/aromatic N) is 2. The van der Waals surface area contributed by atoms with E-state index in [1.165, 1.54) is 0 Å². The summed E-state index contributed by atoms with van der Waals surface area (Å²) in [5, 5.41) is 7.53. The molecule has 1 atom stereocenters. The highest BCUT2D eigenvalue weighted by atomic mass is 79.9. The number of carbonyl (C=O) groups is 1. The Balaban J connectivity index is 1.77. The number of fused-ring (bicyclic) bond motifs is 1. The first-order chi connectivity index (χ1) is 16.6. The van der Waals surface area contributed by atoms with E-state index in [-0.39, 0.29) is 5.91 Å². The summed E-state index contributed by atoms with van der Waals surface area (Å²) in [7, 11) is 4.85. The molecule has 1 aromatic heterocycles. The fraction of sp³-hybridized carbons (Fsp3) is 0.154. The smallest absolute Gasteiger partial charge is 0.277 e. The van der Waals surface area contributed by atoms with E-state index in [2.05, 4.69) is 26.1 Å². The van der Waals surface area contributed by atoms with E-state index in [0.29, 0.717) is 22.9 Å². The Morgan fingerprint density at radius 2 is 1.50 bits per heavy atom. The molecule has 34 heavy (non-hydrogen) atoms. The van der Waals surface area contributed by atoms with Crippen LogP contribution in [0.3, 0.4) is 0 Å². The lowest BCUT2D eigenvalue weighted by molar-refractivity contribution is 0.0988. The minimum absolute atomic E-state index is 0.178. The highest BCUT2D eigenvalue weighted by Crippen LogP contribution is 2.50. The van der Waals surface area contributed by atoms with Gasteiger partial charge in [-0.25, -0.2) is 0 Å². The number of anilines is 1. The maximum atomic E-state index is 13.8. The van der Waals surface area contributed by atoms with Crippen molar-refractivity contribution < 1.29 is 19.0 Å². The third-order valence-corrected chi connectivity index (χ3v) is 6.50. The number of methoxy groups -OCH3 is 3. The number of hydrogen-bond acceptors (Lipinski definition) is 5. The average Bonchev–Trinajstić information content (AvgIpc) is 3.43. The molecule has 5 rings (SSSR count). The molecule has 3 aromatic carbocycles. The highest BCUT2D eigenvalue weighted by Gasteiger charge is 2.45. The van der Waals surface area contributed by atoms with Gasteiger partial charge in [-0.2, -0.15) is 5.10 Å². The molecule has 8 heteroatoms. The van der Waals surface area contributed by atoms with Gasteiger partial charge in [0.2, 0.25) is 0 Å². The molecule has 7 nitrogen and oxygen atoms in total. The summed E-state index contributed by atoms with van der Waals surface area (Å²) < 4.78 is 17.7. The van der Waals surface area contributed by atoms with Gasteiger partial charge in [0.05, 0.1) is 38.6 Å². The Labute approximate surface area is 205 Å². The molecule has 1 amide bonds. The van der Waals surface area contributed by atoms with Crippen molar-refractivity contribution in [1.82, 2.24) is 10.2 Å². The van der Waals surface area contributed by atoms with Gasteiger partial charge in [-0.15, -0.1) is 0 Å². The third kappa shape index (κ3) is 3.51. The van der Waals surface area contributed by atoms with E-state index in [1.807, 2.05) is 66.7 Å². The van der Waals surface area contributed by atoms with Crippen molar-refractivity contribution in [3.63, 3.8) is 0 Å². The van der Waals surface area contributed by atoms with Gasteiger partial charge in [0.15, 0.2) is 0 Å². The zero-order valence-corrected chi connectivity index (χ0v) is 20.4. The molecule has 0 spiro atoms. The van der Waals surface area contributed by atoms with Gasteiger partial charge in [-0.3, -0.25) is 14.8 Å². The van der Waals surface area contributed by atoms with Crippen LogP contribution < -0.4 is 19.1 Å². The Kier molecular flexibility index (Phi) is 5.75. The quantitative estimate of drug-likeness (QED) is 0.358. The fourth-order valence-corrected chi connectivity index (χ4v) is 4.67. The van der Waals surface area contributed by atoms with Gasteiger partial charge in [0.1, 0.15) is 22.9 Å². The number of H-pyrrole nitrogens is 1. The Hall–Kier alpha value is -3.78. The normalized spacial score (nSPS) is 14.8. The van der Waals surface area contributed by atoms with Gasteiger partial charge in [-0.1, -0.05) is 22.0 Å². The first kappa shape index (κ1) is 22.0. The van der Waals surface area contributed by atoms with Gasteiger partial charge in [0, 0.05) is 21.3 Å². The molecule has 0 unspecified atom stereocenters. The van der Waals surface area contributed by atoms with Gasteiger partial charge >= 0.3 is 0 Å². The molecule has 0 aliphatic carbocycles. The lowest BCUT2D eigenvalue weighted by atomic mass is 9.94. The summed E-state index contributed by atoms with van der Waals surface area (Å²) >= 11 is 3.48. The number of carbonyl (C=O) groups excluding carboxylic acids is 1. The van der Waals surface area contributed by atoms with Crippen molar-refractivity contribution in [2.75, 3.05) is 26.2 Å². The summed E-state index contributed by atoms with van der Waals surface area (Å²) in [6.07, 6.45) is 0. The molecule has 0 saturated heterocycles. The lowest BCUT2D eigenvalue weighted by Gasteiger charge is -2.28. The predicted octanol–water partition coefficient (Wildman–Crippen LogP) is 5.61. The van der Waals surface area contributed by atoms with Crippen LogP contribution in [0.4, 0.5) is 5.69 Å². The van der Waals surface area contributed by atoms with E-state index in [1.54, 1.807) is 26.2 Å². The Morgan fingerprint density at radius 3 is 2.09 bits per heavy atom. The standard InChI is InChI=1S/C26H22BrN3O4/c1-32-18-13-7-15(8-14-18)23-22-24(29-28-23)26(31)30(17-11-9-16(27)10-12-17)25(22)21-19(33-2)5-4-6-20(21)34-3/h4-14,25H,1-3H3,(H,28,29)/t25-/m1/s1. The molecule has 0 radical (unpaired) electrons. The van der Waals surface area contributed by atoms with Crippen molar-refractivity contribution in [2.45, 2.75) is 6.04 Å². The monoisotopic (exact) mass is 519 g/mol. The van der Waals surface area contributed by atoms with Crippen LogP contribution in [0.15, 0.2) is 71.2 Å². The first-order valence-corrected chi connectivity index (χ1v) is 11.4. The van der Waals surface area contributed by atoms with Crippen molar-refractivity contribution >= 4 is 27.5 Å². The third-order valence-electron chi connectivity index (χ3n) is 5.98. The molecule has 0 bridgehead atoms. The number of benzene rings is 3. The lowest BCUT2D eigenvalue weighted by Crippen LogP contribution is -2.29. The van der Waals surface area contributed by atoms with Gasteiger partial charge < -0.3 is 14.2 Å². The number of rotatable bonds is 6. The second-order valence-electron chi connectivity index (χ2n) is 7.72. The van der Waals surface area contributed by atoms with Crippen LogP contribution in [-0.4, -0.2) is 37.4 Å². The molecule has 1 N–H and O–H groups in total. The van der Waals surface area contributed by atoms with E-state index in [4.69, 9.17) is 14.2 Å². The van der Waals surface area contributed by atoms with E-state index in [9.17, 15) is 4.79 Å². The summed E-state index contributed by atoms with van der Waals surface area (Å²) in [6.45, 7) is 0. The highest BCUT2D eigenvalue weighted by molar-refractivity contribution is 9.10. The molecule has 0 fully saturated rings. The van der Waals surface area contributed by atoms with E-state index < -0.39 is 6.04 Å². The van der Waals surface area contributed by atoms with E-state index >= 15 is 0 Å². The second kappa shape index (κ2) is 8.87. The zero-order chi connectivity index (χ0) is 23.8. The topological polar surface area (TPSA) is 76.7 Å². The molecule has 172 valence electrons. The number of nitrogens with one attached hydrogen (secondary N) is 1. The van der Waals surface area contributed by atoms with Crippen molar-refractivity contribution in [3.05, 3.63) is 88.0 Å². The van der Waals surface area contributed by atoms with Gasteiger partial charge in [0.25, 0.3) is 5.91 Å². The molecule has 2 heterocycles. The summed E-state index contributed by atoms with van der Waals surface area (Å²) in [5.41, 5.74) is 4.24. The minimum Gasteiger partial charge on any atom is -0.497 e. The van der Waals surface area contributed by atoms with Crippen LogP contribution in [-0.2, 0) is 0 Å². The molecule has 1 aliphatic rings. The summed E-state index contributed by atoms with van der Waals surface area (Å²) in [4.78, 5) is 15.5. The van der Waals surface area contributed by atoms with Crippen LogP contribution in [0.5, 0.6) is 17.2 Å². The number of aromatic nitrogens is 2.